The van der Waals surface area contributed by atoms with Gasteiger partial charge < -0.3 is 4.74 Å². The Morgan fingerprint density at radius 2 is 1.89 bits per heavy atom. The number of hydrogen-bond acceptors (Lipinski definition) is 7. The first kappa shape index (κ1) is 26.8. The maximum absolute atomic E-state index is 13.5. The minimum atomic E-state index is -4.51. The normalized spacial score (nSPS) is 18.5. The van der Waals surface area contributed by atoms with Gasteiger partial charge in [-0.05, 0) is 75.0 Å². The van der Waals surface area contributed by atoms with Gasteiger partial charge in [0.2, 0.25) is 0 Å². The van der Waals surface area contributed by atoms with Crippen molar-refractivity contribution in [3.05, 3.63) is 76.5 Å². The molecule has 6 nitrogen and oxygen atoms in total. The first-order valence-corrected chi connectivity index (χ1v) is 13.1. The number of carbonyl (C=O) groups is 1. The summed E-state index contributed by atoms with van der Waals surface area (Å²) in [5.41, 5.74) is 1.30. The molecule has 0 aliphatic carbocycles. The van der Waals surface area contributed by atoms with Gasteiger partial charge in [-0.2, -0.15) is 18.4 Å². The van der Waals surface area contributed by atoms with Gasteiger partial charge in [0.05, 0.1) is 22.8 Å². The molecule has 0 radical (unpaired) electrons. The van der Waals surface area contributed by atoms with Crippen LogP contribution in [0.4, 0.5) is 18.9 Å². The molecular weight excluding hydrogens is 501 g/mol. The number of aliphatic imine (C=N–C) groups is 1. The number of halogens is 3. The lowest BCUT2D eigenvalue weighted by Gasteiger charge is -2.34. The lowest BCUT2D eigenvalue weighted by Crippen LogP contribution is -2.35. The van der Waals surface area contributed by atoms with Crippen LogP contribution in [0.25, 0.3) is 0 Å². The highest BCUT2D eigenvalue weighted by molar-refractivity contribution is 8.13. The van der Waals surface area contributed by atoms with Gasteiger partial charge in [0.25, 0.3) is 0 Å². The molecule has 37 heavy (non-hydrogen) atoms. The van der Waals surface area contributed by atoms with Gasteiger partial charge in [-0.15, -0.1) is 0 Å². The number of hydrogen-bond donors (Lipinski definition) is 0. The van der Waals surface area contributed by atoms with Crippen molar-refractivity contribution in [2.75, 3.05) is 37.4 Å². The fourth-order valence-electron chi connectivity index (χ4n) is 4.56. The average Bonchev–Trinajstić information content (AvgIpc) is 3.41. The van der Waals surface area contributed by atoms with Crippen LogP contribution in [-0.2, 0) is 15.7 Å². The predicted octanol–water partition coefficient (Wildman–Crippen LogP) is 5.77. The maximum atomic E-state index is 13.5. The predicted molar refractivity (Wildman–Crippen MR) is 138 cm³/mol. The minimum absolute atomic E-state index is 0.207. The van der Waals surface area contributed by atoms with Gasteiger partial charge in [0, 0.05) is 17.9 Å². The second-order valence-electron chi connectivity index (χ2n) is 8.82. The third kappa shape index (κ3) is 6.00. The largest absolute Gasteiger partial charge is 0.461 e. The summed E-state index contributed by atoms with van der Waals surface area (Å²) >= 11 is 1.27. The second kappa shape index (κ2) is 11.4. The monoisotopic (exact) mass is 528 g/mol. The third-order valence-corrected chi connectivity index (χ3v) is 7.11. The number of carbonyl (C=O) groups excluding carboxylic acids is 1. The summed E-state index contributed by atoms with van der Waals surface area (Å²) in [7, 11) is 0. The molecule has 1 unspecified atom stereocenters. The Balaban J connectivity index is 1.73. The highest BCUT2D eigenvalue weighted by Gasteiger charge is 2.36. The lowest BCUT2D eigenvalue weighted by atomic mass is 9.95. The molecule has 10 heteroatoms. The van der Waals surface area contributed by atoms with E-state index in [1.54, 1.807) is 48.4 Å². The zero-order chi connectivity index (χ0) is 26.6. The topological polar surface area (TPSA) is 68.9 Å². The van der Waals surface area contributed by atoms with Crippen LogP contribution >= 0.6 is 11.8 Å². The molecule has 2 aliphatic heterocycles. The number of ether oxygens (including phenoxy) is 1. The van der Waals surface area contributed by atoms with Crippen molar-refractivity contribution in [3.63, 3.8) is 0 Å². The highest BCUT2D eigenvalue weighted by atomic mass is 32.2. The van der Waals surface area contributed by atoms with Crippen molar-refractivity contribution in [2.45, 2.75) is 32.0 Å². The Labute approximate surface area is 218 Å². The molecule has 0 amide bonds. The van der Waals surface area contributed by atoms with Crippen LogP contribution < -0.4 is 4.90 Å². The summed E-state index contributed by atoms with van der Waals surface area (Å²) in [6.07, 6.45) is -0.488. The number of benzene rings is 2. The molecule has 0 aromatic heterocycles. The van der Waals surface area contributed by atoms with Gasteiger partial charge in [0.15, 0.2) is 5.17 Å². The summed E-state index contributed by atoms with van der Waals surface area (Å²) in [6.45, 7) is 4.46. The van der Waals surface area contributed by atoms with Gasteiger partial charge in [-0.3, -0.25) is 9.80 Å². The van der Waals surface area contributed by atoms with E-state index in [1.807, 2.05) is 0 Å². The number of nitrogens with zero attached hydrogens (tertiary/aromatic N) is 4. The van der Waals surface area contributed by atoms with Crippen LogP contribution in [0.1, 0.15) is 42.5 Å². The molecule has 1 atom stereocenters. The summed E-state index contributed by atoms with van der Waals surface area (Å²) in [5, 5.41) is 9.62. The summed E-state index contributed by atoms with van der Waals surface area (Å²) < 4.78 is 46.1. The van der Waals surface area contributed by atoms with Crippen molar-refractivity contribution < 1.29 is 22.7 Å². The fourth-order valence-corrected chi connectivity index (χ4v) is 5.19. The highest BCUT2D eigenvalue weighted by Crippen LogP contribution is 2.40. The van der Waals surface area contributed by atoms with Gasteiger partial charge in [0.1, 0.15) is 12.6 Å². The smallest absolute Gasteiger partial charge is 0.416 e. The molecular formula is C27H27F3N4O2S. The first-order valence-electron chi connectivity index (χ1n) is 11.9. The van der Waals surface area contributed by atoms with Gasteiger partial charge in [-0.1, -0.05) is 30.0 Å². The summed E-state index contributed by atoms with van der Waals surface area (Å²) in [6, 6.07) is 13.1. The van der Waals surface area contributed by atoms with Gasteiger partial charge >= 0.3 is 12.1 Å². The Morgan fingerprint density at radius 3 is 2.51 bits per heavy atom. The Morgan fingerprint density at radius 1 is 1.19 bits per heavy atom. The molecule has 1 saturated heterocycles. The number of alkyl halides is 3. The van der Waals surface area contributed by atoms with Crippen LogP contribution in [0, 0.1) is 11.3 Å². The third-order valence-electron chi connectivity index (χ3n) is 6.46. The number of anilines is 1. The molecule has 0 bridgehead atoms. The minimum Gasteiger partial charge on any atom is -0.461 e. The van der Waals surface area contributed by atoms with E-state index in [0.717, 1.165) is 38.1 Å². The molecule has 4 rings (SSSR count). The molecule has 0 N–H and O–H groups in total. The average molecular weight is 529 g/mol. The van der Waals surface area contributed by atoms with Crippen LogP contribution in [-0.4, -0.2) is 48.5 Å². The quantitative estimate of drug-likeness (QED) is 0.444. The second-order valence-corrected chi connectivity index (χ2v) is 9.59. The SMILES string of the molecule is CSC1=NC(c2ccc(C#N)cc2)C(C(=O)OCCN2CCCC2)=C(C)N1c1cccc(C(F)(F)F)c1. The van der Waals surface area contributed by atoms with E-state index < -0.39 is 23.8 Å². The number of esters is 1. The van der Waals surface area contributed by atoms with E-state index in [0.29, 0.717) is 28.5 Å². The zero-order valence-corrected chi connectivity index (χ0v) is 21.4. The van der Waals surface area contributed by atoms with Crippen molar-refractivity contribution in [1.82, 2.24) is 4.90 Å². The molecule has 0 saturated carbocycles. The van der Waals surface area contributed by atoms with E-state index in [4.69, 9.17) is 9.73 Å². The van der Waals surface area contributed by atoms with Crippen LogP contribution in [0.3, 0.4) is 0 Å². The number of nitriles is 1. The molecule has 0 spiro atoms. The maximum Gasteiger partial charge on any atom is 0.416 e. The first-order chi connectivity index (χ1) is 17.7. The zero-order valence-electron chi connectivity index (χ0n) is 20.6. The fraction of sp³-hybridized carbons (Fsp3) is 0.370. The van der Waals surface area contributed by atoms with Crippen molar-refractivity contribution in [1.29, 1.82) is 5.26 Å². The molecule has 2 aromatic carbocycles. The molecule has 194 valence electrons. The van der Waals surface area contributed by atoms with Crippen molar-refractivity contribution in [3.8, 4) is 6.07 Å². The Hall–Kier alpha value is -3.29. The summed E-state index contributed by atoms with van der Waals surface area (Å²) in [4.78, 5) is 22.0. The molecule has 2 aliphatic rings. The standard InChI is InChI=1S/C27H27F3N4O2S/c1-18-23(25(35)36-15-14-33-12-3-4-13-33)24(20-10-8-19(17-31)9-11-20)32-26(37-2)34(18)22-7-5-6-21(16-22)27(28,29)30/h5-11,16,24H,3-4,12-15H2,1-2H3. The summed E-state index contributed by atoms with van der Waals surface area (Å²) in [5.74, 6) is -0.563. The van der Waals surface area contributed by atoms with E-state index in [9.17, 15) is 23.2 Å². The molecule has 1 fully saturated rings. The molecule has 2 heterocycles. The molecule has 2 aromatic rings. The number of rotatable bonds is 6. The Bertz CT molecular complexity index is 1250. The number of likely N-dealkylation sites (tertiary alicyclic amines) is 1. The van der Waals surface area contributed by atoms with Crippen LogP contribution in [0.5, 0.6) is 0 Å². The lowest BCUT2D eigenvalue weighted by molar-refractivity contribution is -0.140. The van der Waals surface area contributed by atoms with Crippen LogP contribution in [0.2, 0.25) is 0 Å². The van der Waals surface area contributed by atoms with E-state index in [2.05, 4.69) is 11.0 Å². The number of allylic oxidation sites excluding steroid dienone is 1. The van der Waals surface area contributed by atoms with Crippen LogP contribution in [0.15, 0.2) is 64.8 Å². The van der Waals surface area contributed by atoms with Gasteiger partial charge in [-0.25, -0.2) is 9.79 Å². The van der Waals surface area contributed by atoms with Crippen molar-refractivity contribution >= 4 is 28.6 Å². The number of amidine groups is 1. The number of thioether (sulfide) groups is 1. The van der Waals surface area contributed by atoms with Crippen molar-refractivity contribution in [2.24, 2.45) is 4.99 Å². The van der Waals surface area contributed by atoms with E-state index in [-0.39, 0.29) is 17.9 Å². The van der Waals surface area contributed by atoms with E-state index >= 15 is 0 Å². The van der Waals surface area contributed by atoms with E-state index in [1.165, 1.54) is 17.8 Å². The Kier molecular flexibility index (Phi) is 8.25.